The highest BCUT2D eigenvalue weighted by atomic mass is 16.2. The van der Waals surface area contributed by atoms with E-state index in [2.05, 4.69) is 0 Å². The summed E-state index contributed by atoms with van der Waals surface area (Å²) in [6.45, 7) is 0.304. The zero-order chi connectivity index (χ0) is 14.8. The molecule has 0 radical (unpaired) electrons. The lowest BCUT2D eigenvalue weighted by Gasteiger charge is -2.21. The summed E-state index contributed by atoms with van der Waals surface area (Å²) in [6.07, 6.45) is 0.386. The van der Waals surface area contributed by atoms with Crippen LogP contribution >= 0.6 is 0 Å². The van der Waals surface area contributed by atoms with Crippen LogP contribution in [0.15, 0.2) is 0 Å². The van der Waals surface area contributed by atoms with Gasteiger partial charge in [-0.2, -0.15) is 5.26 Å². The van der Waals surface area contributed by atoms with Crippen molar-refractivity contribution in [1.29, 1.82) is 5.26 Å². The van der Waals surface area contributed by atoms with E-state index in [1.165, 1.54) is 9.80 Å². The number of primary amides is 2. The summed E-state index contributed by atoms with van der Waals surface area (Å²) < 4.78 is 0. The molecule has 0 spiro atoms. The molecule has 0 fully saturated rings. The summed E-state index contributed by atoms with van der Waals surface area (Å²) in [7, 11) is 1.59. The van der Waals surface area contributed by atoms with Crippen molar-refractivity contribution in [2.75, 3.05) is 33.2 Å². The van der Waals surface area contributed by atoms with Crippen molar-refractivity contribution in [3.8, 4) is 6.07 Å². The molecule has 0 saturated heterocycles. The van der Waals surface area contributed by atoms with E-state index in [1.54, 1.807) is 7.05 Å². The van der Waals surface area contributed by atoms with Gasteiger partial charge in [0.2, 0.25) is 17.7 Å². The van der Waals surface area contributed by atoms with Crippen molar-refractivity contribution in [1.82, 2.24) is 9.80 Å². The zero-order valence-electron chi connectivity index (χ0n) is 11.0. The van der Waals surface area contributed by atoms with Crippen LogP contribution in [0.4, 0.5) is 0 Å². The maximum Gasteiger partial charge on any atom is 0.231 e. The second kappa shape index (κ2) is 8.88. The summed E-state index contributed by atoms with van der Waals surface area (Å²) in [5.74, 6) is -1.35. The predicted molar refractivity (Wildman–Crippen MR) is 67.3 cm³/mol. The van der Waals surface area contributed by atoms with Crippen LogP contribution < -0.4 is 11.5 Å². The topological polar surface area (TPSA) is 134 Å². The molecule has 0 saturated carbocycles. The van der Waals surface area contributed by atoms with Crippen molar-refractivity contribution in [2.45, 2.75) is 12.8 Å². The molecule has 0 bridgehead atoms. The molecule has 0 unspecified atom stereocenters. The number of nitriles is 1. The maximum absolute atomic E-state index is 11.7. The van der Waals surface area contributed by atoms with Crippen LogP contribution in [0.5, 0.6) is 0 Å². The first-order valence-corrected chi connectivity index (χ1v) is 5.76. The third-order valence-electron chi connectivity index (χ3n) is 2.39. The van der Waals surface area contributed by atoms with E-state index < -0.39 is 11.8 Å². The van der Waals surface area contributed by atoms with Gasteiger partial charge in [-0.1, -0.05) is 0 Å². The first kappa shape index (κ1) is 16.9. The van der Waals surface area contributed by atoms with E-state index in [4.69, 9.17) is 16.7 Å². The summed E-state index contributed by atoms with van der Waals surface area (Å²) in [4.78, 5) is 36.1. The van der Waals surface area contributed by atoms with Crippen LogP contribution in [0.1, 0.15) is 12.8 Å². The number of carbonyl (C=O) groups excluding carboxylic acids is 3. The van der Waals surface area contributed by atoms with Gasteiger partial charge in [-0.15, -0.1) is 0 Å². The molecule has 106 valence electrons. The monoisotopic (exact) mass is 269 g/mol. The van der Waals surface area contributed by atoms with Crippen molar-refractivity contribution >= 4 is 17.7 Å². The number of hydrogen-bond acceptors (Lipinski definition) is 5. The van der Waals surface area contributed by atoms with Gasteiger partial charge in [0.1, 0.15) is 0 Å². The zero-order valence-corrected chi connectivity index (χ0v) is 11.0. The molecule has 19 heavy (non-hydrogen) atoms. The summed E-state index contributed by atoms with van der Waals surface area (Å²) in [5, 5.41) is 8.41. The Hall–Kier alpha value is -2.14. The van der Waals surface area contributed by atoms with Crippen LogP contribution in [0.3, 0.4) is 0 Å². The lowest BCUT2D eigenvalue weighted by molar-refractivity contribution is -0.131. The Balaban J connectivity index is 4.22. The minimum Gasteiger partial charge on any atom is -0.369 e. The van der Waals surface area contributed by atoms with Crippen LogP contribution in [-0.2, 0) is 14.4 Å². The summed E-state index contributed by atoms with van der Waals surface area (Å²) >= 11 is 0. The normalized spacial score (nSPS) is 9.95. The first-order valence-electron chi connectivity index (χ1n) is 5.76. The molecule has 8 nitrogen and oxygen atoms in total. The molecular formula is C11H19N5O3. The van der Waals surface area contributed by atoms with Gasteiger partial charge in [0.25, 0.3) is 0 Å². The molecule has 8 heteroatoms. The second-order valence-electron chi connectivity index (χ2n) is 4.12. The molecule has 0 aromatic heterocycles. The molecule has 0 aliphatic heterocycles. The lowest BCUT2D eigenvalue weighted by atomic mass is 10.3. The van der Waals surface area contributed by atoms with Crippen molar-refractivity contribution < 1.29 is 14.4 Å². The van der Waals surface area contributed by atoms with Gasteiger partial charge in [0.05, 0.1) is 25.6 Å². The van der Waals surface area contributed by atoms with E-state index >= 15 is 0 Å². The predicted octanol–water partition coefficient (Wildman–Crippen LogP) is -1.98. The first-order chi connectivity index (χ1) is 8.86. The third-order valence-corrected chi connectivity index (χ3v) is 2.39. The van der Waals surface area contributed by atoms with E-state index in [0.29, 0.717) is 6.54 Å². The Morgan fingerprint density at radius 3 is 2.05 bits per heavy atom. The van der Waals surface area contributed by atoms with Crippen LogP contribution in [0, 0.1) is 11.3 Å². The molecule has 0 rings (SSSR count). The molecule has 0 aliphatic rings. The highest BCUT2D eigenvalue weighted by Crippen LogP contribution is 1.97. The molecule has 4 N–H and O–H groups in total. The fourth-order valence-corrected chi connectivity index (χ4v) is 1.44. The molecular weight excluding hydrogens is 250 g/mol. The molecule has 0 heterocycles. The van der Waals surface area contributed by atoms with Crippen molar-refractivity contribution in [3.05, 3.63) is 0 Å². The minimum absolute atomic E-state index is 0.127. The lowest BCUT2D eigenvalue weighted by Crippen LogP contribution is -2.41. The molecule has 0 aromatic rings. The average Bonchev–Trinajstić information content (AvgIpc) is 2.31. The standard InChI is InChI=1S/C11H19N5O3/c1-15(5-2-4-12)11(19)3-6-16(7-9(13)17)8-10(14)18/h2-3,5-8H2,1H3,(H2,13,17)(H2,14,18). The third kappa shape index (κ3) is 8.57. The largest absolute Gasteiger partial charge is 0.369 e. The second-order valence-corrected chi connectivity index (χ2v) is 4.12. The van der Waals surface area contributed by atoms with Crippen molar-refractivity contribution in [3.63, 3.8) is 0 Å². The van der Waals surface area contributed by atoms with Gasteiger partial charge < -0.3 is 16.4 Å². The van der Waals surface area contributed by atoms with Crippen molar-refractivity contribution in [2.24, 2.45) is 11.5 Å². The van der Waals surface area contributed by atoms with Gasteiger partial charge in [0.15, 0.2) is 0 Å². The molecule has 0 atom stereocenters. The maximum atomic E-state index is 11.7. The van der Waals surface area contributed by atoms with E-state index in [9.17, 15) is 14.4 Å². The fourth-order valence-electron chi connectivity index (χ4n) is 1.44. The number of hydrogen-bond donors (Lipinski definition) is 2. The van der Waals surface area contributed by atoms with Gasteiger partial charge in [0, 0.05) is 26.6 Å². The highest BCUT2D eigenvalue weighted by molar-refractivity contribution is 5.79. The fraction of sp³-hybridized carbons (Fsp3) is 0.636. The Labute approximate surface area is 111 Å². The van der Waals surface area contributed by atoms with Crippen LogP contribution in [0.2, 0.25) is 0 Å². The average molecular weight is 269 g/mol. The number of carbonyl (C=O) groups is 3. The van der Waals surface area contributed by atoms with Gasteiger partial charge in [-0.3, -0.25) is 19.3 Å². The van der Waals surface area contributed by atoms with Gasteiger partial charge >= 0.3 is 0 Å². The molecule has 3 amide bonds. The summed E-state index contributed by atoms with van der Waals surface area (Å²) in [5.41, 5.74) is 10.1. The van der Waals surface area contributed by atoms with E-state index in [1.807, 2.05) is 6.07 Å². The summed E-state index contributed by atoms with van der Waals surface area (Å²) in [6, 6.07) is 1.94. The van der Waals surface area contributed by atoms with Gasteiger partial charge in [-0.25, -0.2) is 0 Å². The molecule has 0 aromatic carbocycles. The quantitative estimate of drug-likeness (QED) is 0.500. The smallest absolute Gasteiger partial charge is 0.231 e. The minimum atomic E-state index is -0.591. The Morgan fingerprint density at radius 1 is 1.11 bits per heavy atom. The van der Waals surface area contributed by atoms with Crippen LogP contribution in [0.25, 0.3) is 0 Å². The Kier molecular flexibility index (Phi) is 7.88. The highest BCUT2D eigenvalue weighted by Gasteiger charge is 2.14. The SMILES string of the molecule is CN(CCC#N)C(=O)CCN(CC(N)=O)CC(N)=O. The Morgan fingerprint density at radius 2 is 1.63 bits per heavy atom. The number of nitrogens with two attached hydrogens (primary N) is 2. The number of amides is 3. The van der Waals surface area contributed by atoms with E-state index in [-0.39, 0.29) is 38.4 Å². The van der Waals surface area contributed by atoms with E-state index in [0.717, 1.165) is 0 Å². The molecule has 0 aliphatic carbocycles. The van der Waals surface area contributed by atoms with Gasteiger partial charge in [-0.05, 0) is 0 Å². The number of nitrogens with zero attached hydrogens (tertiary/aromatic N) is 3. The van der Waals surface area contributed by atoms with Crippen LogP contribution in [-0.4, -0.2) is 60.7 Å². The Bertz CT molecular complexity index is 361. The number of rotatable bonds is 9.